The van der Waals surface area contributed by atoms with Crippen LogP contribution in [0.15, 0.2) is 64.5 Å². The van der Waals surface area contributed by atoms with E-state index in [4.69, 9.17) is 9.88 Å². The number of aliphatic imine (C=N–C) groups is 1. The first-order chi connectivity index (χ1) is 13.4. The van der Waals surface area contributed by atoms with Gasteiger partial charge in [0.1, 0.15) is 0 Å². The lowest BCUT2D eigenvalue weighted by atomic mass is 10.1. The van der Waals surface area contributed by atoms with Crippen LogP contribution in [0, 0.1) is 0 Å². The SMILES string of the molecule is CN=C(NCCCOC(C)c1ccccc1)NCc1ccc(S(N)(=O)=O)cc1. The lowest BCUT2D eigenvalue weighted by Gasteiger charge is -2.15. The Morgan fingerprint density at radius 3 is 2.39 bits per heavy atom. The Bertz CT molecular complexity index is 853. The zero-order valence-electron chi connectivity index (χ0n) is 16.3. The molecule has 7 nitrogen and oxygen atoms in total. The van der Waals surface area contributed by atoms with Crippen LogP contribution in [-0.4, -0.2) is 34.6 Å². The molecule has 0 aromatic heterocycles. The number of guanidine groups is 1. The molecule has 0 spiro atoms. The van der Waals surface area contributed by atoms with Crippen LogP contribution in [0.3, 0.4) is 0 Å². The minimum atomic E-state index is -3.67. The Morgan fingerprint density at radius 2 is 1.79 bits per heavy atom. The highest BCUT2D eigenvalue weighted by Gasteiger charge is 2.07. The van der Waals surface area contributed by atoms with E-state index in [0.29, 0.717) is 19.1 Å². The molecule has 0 saturated heterocycles. The molecule has 0 aliphatic carbocycles. The molecular formula is C20H28N4O3S. The first kappa shape index (κ1) is 21.9. The molecule has 0 aliphatic heterocycles. The van der Waals surface area contributed by atoms with Gasteiger partial charge >= 0.3 is 0 Å². The first-order valence-corrected chi connectivity index (χ1v) is 10.7. The number of primary sulfonamides is 1. The van der Waals surface area contributed by atoms with Crippen molar-refractivity contribution in [2.75, 3.05) is 20.2 Å². The summed E-state index contributed by atoms with van der Waals surface area (Å²) in [5, 5.41) is 11.5. The van der Waals surface area contributed by atoms with Crippen LogP contribution in [0.25, 0.3) is 0 Å². The molecule has 0 fully saturated rings. The van der Waals surface area contributed by atoms with Crippen LogP contribution in [0.2, 0.25) is 0 Å². The predicted octanol–water partition coefficient (Wildman–Crippen LogP) is 2.17. The molecule has 0 radical (unpaired) electrons. The van der Waals surface area contributed by atoms with Crippen molar-refractivity contribution in [2.24, 2.45) is 10.1 Å². The van der Waals surface area contributed by atoms with E-state index in [1.807, 2.05) is 25.1 Å². The molecule has 152 valence electrons. The zero-order chi connectivity index (χ0) is 20.4. The highest BCUT2D eigenvalue weighted by atomic mass is 32.2. The van der Waals surface area contributed by atoms with Crippen LogP contribution in [0.1, 0.15) is 30.6 Å². The van der Waals surface area contributed by atoms with Gasteiger partial charge in [-0.05, 0) is 36.6 Å². The van der Waals surface area contributed by atoms with E-state index in [9.17, 15) is 8.42 Å². The van der Waals surface area contributed by atoms with Crippen LogP contribution in [0.5, 0.6) is 0 Å². The van der Waals surface area contributed by atoms with Crippen molar-refractivity contribution in [1.29, 1.82) is 0 Å². The van der Waals surface area contributed by atoms with Gasteiger partial charge in [-0.3, -0.25) is 4.99 Å². The van der Waals surface area contributed by atoms with Gasteiger partial charge in [0, 0.05) is 26.7 Å². The standard InChI is InChI=1S/C20H28N4O3S/c1-16(18-7-4-3-5-8-18)27-14-6-13-23-20(22-2)24-15-17-9-11-19(12-10-17)28(21,25)26/h3-5,7-12,16H,6,13-15H2,1-2H3,(H2,21,25,26)(H2,22,23,24). The summed E-state index contributed by atoms with van der Waals surface area (Å²) >= 11 is 0. The third kappa shape index (κ3) is 7.30. The third-order valence-corrected chi connectivity index (χ3v) is 5.12. The molecule has 2 aromatic rings. The molecule has 0 amide bonds. The summed E-state index contributed by atoms with van der Waals surface area (Å²) in [5.41, 5.74) is 2.09. The molecule has 2 rings (SSSR count). The van der Waals surface area contributed by atoms with Crippen molar-refractivity contribution in [3.8, 4) is 0 Å². The highest BCUT2D eigenvalue weighted by Crippen LogP contribution is 2.15. The second-order valence-corrected chi connectivity index (χ2v) is 7.88. The second-order valence-electron chi connectivity index (χ2n) is 6.32. The van der Waals surface area contributed by atoms with E-state index in [0.717, 1.165) is 18.5 Å². The number of hydrogen-bond donors (Lipinski definition) is 3. The van der Waals surface area contributed by atoms with Crippen molar-refractivity contribution in [1.82, 2.24) is 10.6 Å². The van der Waals surface area contributed by atoms with Crippen LogP contribution < -0.4 is 15.8 Å². The van der Waals surface area contributed by atoms with E-state index < -0.39 is 10.0 Å². The molecule has 2 aromatic carbocycles. The summed E-state index contributed by atoms with van der Waals surface area (Å²) in [6, 6.07) is 16.6. The van der Waals surface area contributed by atoms with E-state index in [-0.39, 0.29) is 11.0 Å². The van der Waals surface area contributed by atoms with Gasteiger partial charge in [0.25, 0.3) is 0 Å². The Morgan fingerprint density at radius 1 is 1.11 bits per heavy atom. The van der Waals surface area contributed by atoms with Gasteiger partial charge in [-0.15, -0.1) is 0 Å². The van der Waals surface area contributed by atoms with Crippen molar-refractivity contribution < 1.29 is 13.2 Å². The number of sulfonamides is 1. The molecule has 1 unspecified atom stereocenters. The number of nitrogens with one attached hydrogen (secondary N) is 2. The number of ether oxygens (including phenoxy) is 1. The molecule has 28 heavy (non-hydrogen) atoms. The maximum Gasteiger partial charge on any atom is 0.238 e. The average Bonchev–Trinajstić information content (AvgIpc) is 2.70. The fraction of sp³-hybridized carbons (Fsp3) is 0.350. The smallest absolute Gasteiger partial charge is 0.238 e. The lowest BCUT2D eigenvalue weighted by Crippen LogP contribution is -2.37. The van der Waals surface area contributed by atoms with Gasteiger partial charge in [0.2, 0.25) is 10.0 Å². The van der Waals surface area contributed by atoms with E-state index in [1.54, 1.807) is 19.2 Å². The van der Waals surface area contributed by atoms with Gasteiger partial charge in [-0.2, -0.15) is 0 Å². The van der Waals surface area contributed by atoms with Gasteiger partial charge < -0.3 is 15.4 Å². The Kier molecular flexibility index (Phi) is 8.43. The summed E-state index contributed by atoms with van der Waals surface area (Å²) in [6.45, 7) is 3.94. The third-order valence-electron chi connectivity index (χ3n) is 4.19. The maximum atomic E-state index is 11.3. The molecule has 4 N–H and O–H groups in total. The predicted molar refractivity (Wildman–Crippen MR) is 111 cm³/mol. The minimum Gasteiger partial charge on any atom is -0.374 e. The van der Waals surface area contributed by atoms with E-state index in [2.05, 4.69) is 27.8 Å². The van der Waals surface area contributed by atoms with Crippen LogP contribution >= 0.6 is 0 Å². The minimum absolute atomic E-state index is 0.0685. The summed E-state index contributed by atoms with van der Waals surface area (Å²) in [6.07, 6.45) is 0.917. The number of benzene rings is 2. The molecular weight excluding hydrogens is 376 g/mol. The zero-order valence-corrected chi connectivity index (χ0v) is 17.1. The largest absolute Gasteiger partial charge is 0.374 e. The van der Waals surface area contributed by atoms with E-state index in [1.165, 1.54) is 17.7 Å². The average molecular weight is 405 g/mol. The highest BCUT2D eigenvalue weighted by molar-refractivity contribution is 7.89. The topological polar surface area (TPSA) is 106 Å². The molecule has 0 aliphatic rings. The number of nitrogens with zero attached hydrogens (tertiary/aromatic N) is 1. The fourth-order valence-electron chi connectivity index (χ4n) is 2.56. The molecule has 8 heteroatoms. The maximum absolute atomic E-state index is 11.3. The number of rotatable bonds is 9. The summed E-state index contributed by atoms with van der Waals surface area (Å²) < 4.78 is 28.4. The summed E-state index contributed by atoms with van der Waals surface area (Å²) in [5.74, 6) is 0.673. The van der Waals surface area contributed by atoms with Crippen molar-refractivity contribution >= 4 is 16.0 Å². The Hall–Kier alpha value is -2.42. The molecule has 0 bridgehead atoms. The summed E-state index contributed by atoms with van der Waals surface area (Å²) in [7, 11) is -1.96. The van der Waals surface area contributed by atoms with Crippen molar-refractivity contribution in [2.45, 2.75) is 30.9 Å². The summed E-state index contributed by atoms with van der Waals surface area (Å²) in [4.78, 5) is 4.28. The van der Waals surface area contributed by atoms with Gasteiger partial charge in [0.15, 0.2) is 5.96 Å². The fourth-order valence-corrected chi connectivity index (χ4v) is 3.08. The molecule has 0 heterocycles. The van der Waals surface area contributed by atoms with Crippen LogP contribution in [0.4, 0.5) is 0 Å². The Balaban J connectivity index is 1.67. The first-order valence-electron chi connectivity index (χ1n) is 9.13. The molecule has 0 saturated carbocycles. The van der Waals surface area contributed by atoms with Gasteiger partial charge in [-0.25, -0.2) is 13.6 Å². The van der Waals surface area contributed by atoms with Crippen molar-refractivity contribution in [3.05, 3.63) is 65.7 Å². The van der Waals surface area contributed by atoms with Gasteiger partial charge in [-0.1, -0.05) is 42.5 Å². The number of hydrogen-bond acceptors (Lipinski definition) is 4. The number of nitrogens with two attached hydrogens (primary N) is 1. The van der Waals surface area contributed by atoms with Crippen LogP contribution in [-0.2, 0) is 21.3 Å². The van der Waals surface area contributed by atoms with Gasteiger partial charge in [0.05, 0.1) is 11.0 Å². The quantitative estimate of drug-likeness (QED) is 0.337. The molecule has 1 atom stereocenters. The lowest BCUT2D eigenvalue weighted by molar-refractivity contribution is 0.0646. The normalized spacial score (nSPS) is 13.2. The second kappa shape index (κ2) is 10.8. The monoisotopic (exact) mass is 404 g/mol. The Labute approximate surface area is 167 Å². The van der Waals surface area contributed by atoms with E-state index >= 15 is 0 Å². The van der Waals surface area contributed by atoms with Crippen molar-refractivity contribution in [3.63, 3.8) is 0 Å².